The molecule has 0 spiro atoms. The van der Waals surface area contributed by atoms with Crippen LogP contribution in [0.1, 0.15) is 28.9 Å². The number of carbonyl (C=O) groups is 1. The summed E-state index contributed by atoms with van der Waals surface area (Å²) in [5.74, 6) is 0.335. The topological polar surface area (TPSA) is 84.7 Å². The lowest BCUT2D eigenvalue weighted by atomic mass is 10.2. The fourth-order valence-electron chi connectivity index (χ4n) is 2.73. The Morgan fingerprint density at radius 1 is 1.35 bits per heavy atom. The van der Waals surface area contributed by atoms with Crippen molar-refractivity contribution in [2.24, 2.45) is 0 Å². The predicted molar refractivity (Wildman–Crippen MR) is 84.4 cm³/mol. The molecule has 1 atom stereocenters. The van der Waals surface area contributed by atoms with E-state index >= 15 is 0 Å². The summed E-state index contributed by atoms with van der Waals surface area (Å²) in [6, 6.07) is 2.16. The number of morpholine rings is 1. The Hall–Kier alpha value is -2.06. The van der Waals surface area contributed by atoms with Gasteiger partial charge < -0.3 is 10.1 Å². The highest BCUT2D eigenvalue weighted by atomic mass is 16.5. The molecule has 1 aliphatic heterocycles. The van der Waals surface area contributed by atoms with Crippen LogP contribution in [0.4, 0.5) is 0 Å². The molecule has 0 aromatic carbocycles. The zero-order valence-electron chi connectivity index (χ0n) is 13.7. The quantitative estimate of drug-likeness (QED) is 0.866. The molecule has 8 nitrogen and oxygen atoms in total. The molecular formula is C15H22N6O2. The molecule has 1 N–H and O–H groups in total. The third kappa shape index (κ3) is 3.48. The maximum absolute atomic E-state index is 12.3. The van der Waals surface area contributed by atoms with E-state index in [0.29, 0.717) is 12.3 Å². The van der Waals surface area contributed by atoms with Crippen molar-refractivity contribution in [1.29, 1.82) is 0 Å². The van der Waals surface area contributed by atoms with Gasteiger partial charge in [-0.2, -0.15) is 4.98 Å². The minimum absolute atomic E-state index is 0.153. The largest absolute Gasteiger partial charge is 0.379 e. The summed E-state index contributed by atoms with van der Waals surface area (Å²) in [6.07, 6.45) is 0. The van der Waals surface area contributed by atoms with Crippen molar-refractivity contribution in [2.45, 2.75) is 26.8 Å². The Balaban J connectivity index is 1.65. The Labute approximate surface area is 134 Å². The Bertz CT molecular complexity index is 707. The number of ether oxygens (including phenoxy) is 1. The first kappa shape index (κ1) is 15.8. The van der Waals surface area contributed by atoms with Gasteiger partial charge in [0.1, 0.15) is 0 Å². The summed E-state index contributed by atoms with van der Waals surface area (Å²) in [6.45, 7) is 9.74. The van der Waals surface area contributed by atoms with Crippen LogP contribution in [-0.4, -0.2) is 69.3 Å². The fourth-order valence-corrected chi connectivity index (χ4v) is 2.73. The van der Waals surface area contributed by atoms with Gasteiger partial charge >= 0.3 is 0 Å². The fraction of sp³-hybridized carbons (Fsp3) is 0.600. The summed E-state index contributed by atoms with van der Waals surface area (Å²) in [5, 5.41) is 7.14. The summed E-state index contributed by atoms with van der Waals surface area (Å²) in [5.41, 5.74) is 1.76. The van der Waals surface area contributed by atoms with Crippen LogP contribution in [0.2, 0.25) is 0 Å². The molecule has 1 amide bonds. The molecule has 1 unspecified atom stereocenters. The lowest BCUT2D eigenvalue weighted by molar-refractivity contribution is 0.0204. The molecule has 0 bridgehead atoms. The smallest absolute Gasteiger partial charge is 0.291 e. The lowest BCUT2D eigenvalue weighted by Crippen LogP contribution is -2.47. The van der Waals surface area contributed by atoms with Gasteiger partial charge in [0.15, 0.2) is 0 Å². The Morgan fingerprint density at radius 3 is 2.83 bits per heavy atom. The lowest BCUT2D eigenvalue weighted by Gasteiger charge is -2.32. The average Bonchev–Trinajstić information content (AvgIpc) is 2.97. The number of nitrogens with one attached hydrogen (secondary N) is 1. The van der Waals surface area contributed by atoms with Crippen molar-refractivity contribution in [1.82, 2.24) is 29.8 Å². The highest BCUT2D eigenvalue weighted by Crippen LogP contribution is 2.06. The van der Waals surface area contributed by atoms with E-state index in [1.165, 1.54) is 0 Å². The Morgan fingerprint density at radius 2 is 2.09 bits per heavy atom. The number of fused-ring (bicyclic) bond motifs is 1. The van der Waals surface area contributed by atoms with E-state index < -0.39 is 0 Å². The van der Waals surface area contributed by atoms with E-state index in [-0.39, 0.29) is 17.8 Å². The van der Waals surface area contributed by atoms with Crippen molar-refractivity contribution in [3.8, 4) is 0 Å². The molecule has 1 saturated heterocycles. The Kier molecular flexibility index (Phi) is 4.53. The van der Waals surface area contributed by atoms with Crippen LogP contribution in [-0.2, 0) is 4.74 Å². The van der Waals surface area contributed by atoms with Gasteiger partial charge in [-0.1, -0.05) is 0 Å². The van der Waals surface area contributed by atoms with Crippen molar-refractivity contribution in [3.05, 3.63) is 23.3 Å². The van der Waals surface area contributed by atoms with Gasteiger partial charge in [-0.3, -0.25) is 9.69 Å². The number of aryl methyl sites for hydroxylation is 2. The maximum Gasteiger partial charge on any atom is 0.291 e. The molecule has 124 valence electrons. The summed E-state index contributed by atoms with van der Waals surface area (Å²) < 4.78 is 6.93. The molecular weight excluding hydrogens is 296 g/mol. The number of aromatic nitrogens is 4. The average molecular weight is 318 g/mol. The van der Waals surface area contributed by atoms with Gasteiger partial charge in [0, 0.05) is 37.1 Å². The van der Waals surface area contributed by atoms with Crippen LogP contribution < -0.4 is 5.32 Å². The van der Waals surface area contributed by atoms with Gasteiger partial charge in [0.2, 0.25) is 5.82 Å². The van der Waals surface area contributed by atoms with E-state index in [1.807, 2.05) is 19.9 Å². The summed E-state index contributed by atoms with van der Waals surface area (Å²) in [7, 11) is 0. The molecule has 3 rings (SSSR count). The highest BCUT2D eigenvalue weighted by molar-refractivity contribution is 5.90. The summed E-state index contributed by atoms with van der Waals surface area (Å²) >= 11 is 0. The minimum atomic E-state index is -0.271. The SMILES string of the molecule is Cc1cc(C)n2nc(C(=O)NCC(C)N3CCOCC3)nc2n1. The highest BCUT2D eigenvalue weighted by Gasteiger charge is 2.19. The minimum Gasteiger partial charge on any atom is -0.379 e. The first-order valence-corrected chi connectivity index (χ1v) is 7.85. The molecule has 0 aliphatic carbocycles. The number of carbonyl (C=O) groups excluding carboxylic acids is 1. The molecule has 0 saturated carbocycles. The molecule has 2 aromatic heterocycles. The van der Waals surface area contributed by atoms with E-state index in [4.69, 9.17) is 4.74 Å². The van der Waals surface area contributed by atoms with E-state index in [9.17, 15) is 4.79 Å². The van der Waals surface area contributed by atoms with Crippen molar-refractivity contribution < 1.29 is 9.53 Å². The molecule has 1 aliphatic rings. The summed E-state index contributed by atoms with van der Waals surface area (Å²) in [4.78, 5) is 23.1. The number of hydrogen-bond acceptors (Lipinski definition) is 6. The zero-order chi connectivity index (χ0) is 16.4. The van der Waals surface area contributed by atoms with Crippen LogP contribution in [0.25, 0.3) is 5.78 Å². The van der Waals surface area contributed by atoms with Crippen LogP contribution in [0.15, 0.2) is 6.07 Å². The molecule has 1 fully saturated rings. The first-order valence-electron chi connectivity index (χ1n) is 7.85. The first-order chi connectivity index (χ1) is 11.0. The number of amides is 1. The van der Waals surface area contributed by atoms with Crippen molar-refractivity contribution in [2.75, 3.05) is 32.8 Å². The van der Waals surface area contributed by atoms with Crippen molar-refractivity contribution in [3.63, 3.8) is 0 Å². The van der Waals surface area contributed by atoms with E-state index in [1.54, 1.807) is 4.52 Å². The van der Waals surface area contributed by atoms with E-state index in [2.05, 4.69) is 32.2 Å². The van der Waals surface area contributed by atoms with Crippen molar-refractivity contribution >= 4 is 11.7 Å². The van der Waals surface area contributed by atoms with E-state index in [0.717, 1.165) is 37.7 Å². The van der Waals surface area contributed by atoms with Gasteiger partial charge in [-0.05, 0) is 26.8 Å². The van der Waals surface area contributed by atoms with Crippen LogP contribution in [0.3, 0.4) is 0 Å². The van der Waals surface area contributed by atoms with Gasteiger partial charge in [0.25, 0.3) is 11.7 Å². The monoisotopic (exact) mass is 318 g/mol. The van der Waals surface area contributed by atoms with Crippen LogP contribution in [0, 0.1) is 13.8 Å². The third-order valence-corrected chi connectivity index (χ3v) is 4.05. The molecule has 3 heterocycles. The second kappa shape index (κ2) is 6.59. The second-order valence-corrected chi connectivity index (χ2v) is 5.89. The number of rotatable bonds is 4. The van der Waals surface area contributed by atoms with Gasteiger partial charge in [-0.15, -0.1) is 5.10 Å². The normalized spacial score (nSPS) is 17.3. The van der Waals surface area contributed by atoms with Gasteiger partial charge in [-0.25, -0.2) is 9.50 Å². The van der Waals surface area contributed by atoms with Crippen LogP contribution >= 0.6 is 0 Å². The van der Waals surface area contributed by atoms with Crippen LogP contribution in [0.5, 0.6) is 0 Å². The zero-order valence-corrected chi connectivity index (χ0v) is 13.7. The number of nitrogens with zero attached hydrogens (tertiary/aromatic N) is 5. The van der Waals surface area contributed by atoms with Gasteiger partial charge in [0.05, 0.1) is 13.2 Å². The third-order valence-electron chi connectivity index (χ3n) is 4.05. The molecule has 8 heteroatoms. The standard InChI is InChI=1S/C15H22N6O2/c1-10-8-11(2)21-15(17-10)18-13(19-21)14(22)16-9-12(3)20-4-6-23-7-5-20/h8,12H,4-7,9H2,1-3H3,(H,16,22). The number of hydrogen-bond donors (Lipinski definition) is 1. The molecule has 0 radical (unpaired) electrons. The maximum atomic E-state index is 12.3. The molecule has 23 heavy (non-hydrogen) atoms. The predicted octanol–water partition coefficient (Wildman–Crippen LogP) is 0.192. The molecule has 2 aromatic rings. The second-order valence-electron chi connectivity index (χ2n) is 5.89.